The SMILES string of the molecule is Cc1ccc(NC(=O)COc2ccc(C)cc2C(C)(C)C)c(C)c1. The van der Waals surface area contributed by atoms with Gasteiger partial charge in [0.15, 0.2) is 6.61 Å². The summed E-state index contributed by atoms with van der Waals surface area (Å²) in [5.74, 6) is 0.617. The minimum atomic E-state index is -0.151. The quantitative estimate of drug-likeness (QED) is 0.866. The van der Waals surface area contributed by atoms with E-state index in [9.17, 15) is 4.79 Å². The topological polar surface area (TPSA) is 38.3 Å². The molecule has 0 saturated heterocycles. The first-order chi connectivity index (χ1) is 11.2. The molecule has 0 aliphatic heterocycles. The van der Waals surface area contributed by atoms with E-state index in [1.807, 2.05) is 44.2 Å². The second-order valence-electron chi connectivity index (χ2n) is 7.40. The van der Waals surface area contributed by atoms with E-state index in [0.29, 0.717) is 0 Å². The Morgan fingerprint density at radius 1 is 1.00 bits per heavy atom. The van der Waals surface area contributed by atoms with Crippen molar-refractivity contribution in [1.82, 2.24) is 0 Å². The highest BCUT2D eigenvalue weighted by atomic mass is 16.5. The van der Waals surface area contributed by atoms with Crippen LogP contribution in [0.15, 0.2) is 36.4 Å². The van der Waals surface area contributed by atoms with E-state index in [0.717, 1.165) is 22.6 Å². The van der Waals surface area contributed by atoms with Gasteiger partial charge in [-0.1, -0.05) is 56.2 Å². The van der Waals surface area contributed by atoms with Crippen LogP contribution in [0.3, 0.4) is 0 Å². The molecule has 2 aromatic carbocycles. The van der Waals surface area contributed by atoms with Gasteiger partial charge >= 0.3 is 0 Å². The first-order valence-electron chi connectivity index (χ1n) is 8.28. The Balaban J connectivity index is 2.07. The van der Waals surface area contributed by atoms with Gasteiger partial charge in [-0.3, -0.25) is 4.79 Å². The molecule has 24 heavy (non-hydrogen) atoms. The third-order valence-electron chi connectivity index (χ3n) is 3.96. The first kappa shape index (κ1) is 18.1. The van der Waals surface area contributed by atoms with Crippen molar-refractivity contribution in [3.8, 4) is 5.75 Å². The van der Waals surface area contributed by atoms with Crippen LogP contribution in [-0.2, 0) is 10.2 Å². The van der Waals surface area contributed by atoms with E-state index in [1.54, 1.807) is 0 Å². The second kappa shape index (κ2) is 7.08. The molecule has 0 aliphatic rings. The van der Waals surface area contributed by atoms with Gasteiger partial charge in [0.25, 0.3) is 5.91 Å². The van der Waals surface area contributed by atoms with E-state index in [4.69, 9.17) is 4.74 Å². The summed E-state index contributed by atoms with van der Waals surface area (Å²) in [5, 5.41) is 2.91. The van der Waals surface area contributed by atoms with Crippen molar-refractivity contribution < 1.29 is 9.53 Å². The Morgan fingerprint density at radius 2 is 1.62 bits per heavy atom. The summed E-state index contributed by atoms with van der Waals surface area (Å²) in [6, 6.07) is 12.0. The number of carbonyl (C=O) groups is 1. The zero-order valence-corrected chi connectivity index (χ0v) is 15.5. The predicted octanol–water partition coefficient (Wildman–Crippen LogP) is 4.93. The van der Waals surface area contributed by atoms with Crippen LogP contribution in [0.2, 0.25) is 0 Å². The van der Waals surface area contributed by atoms with Crippen LogP contribution >= 0.6 is 0 Å². The molecule has 0 saturated carbocycles. The van der Waals surface area contributed by atoms with Crippen LogP contribution in [0.25, 0.3) is 0 Å². The highest BCUT2D eigenvalue weighted by molar-refractivity contribution is 5.92. The number of carbonyl (C=O) groups excluding carboxylic acids is 1. The second-order valence-corrected chi connectivity index (χ2v) is 7.40. The third-order valence-corrected chi connectivity index (χ3v) is 3.96. The fourth-order valence-electron chi connectivity index (χ4n) is 2.64. The molecule has 0 unspecified atom stereocenters. The van der Waals surface area contributed by atoms with Crippen molar-refractivity contribution in [1.29, 1.82) is 0 Å². The molecule has 3 nitrogen and oxygen atoms in total. The monoisotopic (exact) mass is 325 g/mol. The predicted molar refractivity (Wildman–Crippen MR) is 99.9 cm³/mol. The molecule has 0 fully saturated rings. The Kier molecular flexibility index (Phi) is 5.33. The zero-order valence-electron chi connectivity index (χ0n) is 15.5. The maximum Gasteiger partial charge on any atom is 0.262 e. The third kappa shape index (κ3) is 4.60. The number of amides is 1. The molecule has 1 amide bonds. The number of benzene rings is 2. The molecule has 0 bridgehead atoms. The van der Waals surface area contributed by atoms with Crippen molar-refractivity contribution >= 4 is 11.6 Å². The zero-order chi connectivity index (χ0) is 17.9. The van der Waals surface area contributed by atoms with Crippen molar-refractivity contribution in [3.05, 3.63) is 58.7 Å². The standard InChI is InChI=1S/C21H27NO2/c1-14-7-9-18(16(3)11-14)22-20(23)13-24-19-10-8-15(2)12-17(19)21(4,5)6/h7-12H,13H2,1-6H3,(H,22,23). The molecule has 0 aromatic heterocycles. The summed E-state index contributed by atoms with van der Waals surface area (Å²) in [5.41, 5.74) is 5.32. The fraction of sp³-hybridized carbons (Fsp3) is 0.381. The Hall–Kier alpha value is -2.29. The average molecular weight is 325 g/mol. The maximum absolute atomic E-state index is 12.2. The van der Waals surface area contributed by atoms with Crippen LogP contribution < -0.4 is 10.1 Å². The number of hydrogen-bond donors (Lipinski definition) is 1. The van der Waals surface area contributed by atoms with Gasteiger partial charge in [0, 0.05) is 5.69 Å². The van der Waals surface area contributed by atoms with Crippen LogP contribution in [0.4, 0.5) is 5.69 Å². The fourth-order valence-corrected chi connectivity index (χ4v) is 2.64. The molecule has 0 heterocycles. The minimum absolute atomic E-state index is 0.000538. The largest absolute Gasteiger partial charge is 0.483 e. The lowest BCUT2D eigenvalue weighted by Gasteiger charge is -2.23. The molecule has 0 atom stereocenters. The number of rotatable bonds is 4. The summed E-state index contributed by atoms with van der Waals surface area (Å²) in [6.45, 7) is 12.5. The van der Waals surface area contributed by atoms with Gasteiger partial charge in [0.05, 0.1) is 0 Å². The lowest BCUT2D eigenvalue weighted by Crippen LogP contribution is -2.22. The number of anilines is 1. The van der Waals surface area contributed by atoms with Crippen molar-refractivity contribution in [2.24, 2.45) is 0 Å². The molecule has 3 heteroatoms. The van der Waals surface area contributed by atoms with E-state index in [1.165, 1.54) is 11.1 Å². The lowest BCUT2D eigenvalue weighted by molar-refractivity contribution is -0.118. The first-order valence-corrected chi connectivity index (χ1v) is 8.28. The minimum Gasteiger partial charge on any atom is -0.483 e. The molecule has 0 spiro atoms. The Labute approximate surface area is 145 Å². The van der Waals surface area contributed by atoms with Crippen molar-refractivity contribution in [3.63, 3.8) is 0 Å². The summed E-state index contributed by atoms with van der Waals surface area (Å²) < 4.78 is 5.80. The highest BCUT2D eigenvalue weighted by Gasteiger charge is 2.19. The van der Waals surface area contributed by atoms with Crippen LogP contribution in [-0.4, -0.2) is 12.5 Å². The van der Waals surface area contributed by atoms with Gasteiger partial charge in [-0.2, -0.15) is 0 Å². The van der Waals surface area contributed by atoms with Gasteiger partial charge in [-0.25, -0.2) is 0 Å². The van der Waals surface area contributed by atoms with E-state index < -0.39 is 0 Å². The lowest BCUT2D eigenvalue weighted by atomic mass is 9.85. The van der Waals surface area contributed by atoms with Gasteiger partial charge in [0.2, 0.25) is 0 Å². The van der Waals surface area contributed by atoms with Gasteiger partial charge < -0.3 is 10.1 Å². The van der Waals surface area contributed by atoms with Crippen molar-refractivity contribution in [2.45, 2.75) is 47.0 Å². The normalized spacial score (nSPS) is 11.2. The number of ether oxygens (including phenoxy) is 1. The van der Waals surface area contributed by atoms with Crippen LogP contribution in [0, 0.1) is 20.8 Å². The van der Waals surface area contributed by atoms with Gasteiger partial charge in [-0.15, -0.1) is 0 Å². The van der Waals surface area contributed by atoms with E-state index >= 15 is 0 Å². The summed E-state index contributed by atoms with van der Waals surface area (Å²) >= 11 is 0. The molecular weight excluding hydrogens is 298 g/mol. The van der Waals surface area contributed by atoms with E-state index in [2.05, 4.69) is 39.1 Å². The van der Waals surface area contributed by atoms with Gasteiger partial charge in [-0.05, 0) is 49.4 Å². The molecule has 2 aromatic rings. The highest BCUT2D eigenvalue weighted by Crippen LogP contribution is 2.32. The Bertz CT molecular complexity index is 742. The summed E-state index contributed by atoms with van der Waals surface area (Å²) in [4.78, 5) is 12.2. The number of hydrogen-bond acceptors (Lipinski definition) is 2. The van der Waals surface area contributed by atoms with Crippen LogP contribution in [0.1, 0.15) is 43.0 Å². The molecule has 0 radical (unpaired) electrons. The van der Waals surface area contributed by atoms with Gasteiger partial charge in [0.1, 0.15) is 5.75 Å². The Morgan fingerprint density at radius 3 is 2.25 bits per heavy atom. The maximum atomic E-state index is 12.2. The van der Waals surface area contributed by atoms with Crippen molar-refractivity contribution in [2.75, 3.05) is 11.9 Å². The summed E-state index contributed by atoms with van der Waals surface area (Å²) in [6.07, 6.45) is 0. The molecule has 128 valence electrons. The number of aryl methyl sites for hydroxylation is 3. The summed E-state index contributed by atoms with van der Waals surface area (Å²) in [7, 11) is 0. The average Bonchev–Trinajstić information content (AvgIpc) is 2.48. The smallest absolute Gasteiger partial charge is 0.262 e. The molecule has 0 aliphatic carbocycles. The van der Waals surface area contributed by atoms with E-state index in [-0.39, 0.29) is 17.9 Å². The molecule has 1 N–H and O–H groups in total. The van der Waals surface area contributed by atoms with Crippen LogP contribution in [0.5, 0.6) is 5.75 Å². The number of nitrogens with one attached hydrogen (secondary N) is 1. The molecule has 2 rings (SSSR count). The molecular formula is C21H27NO2.